The lowest BCUT2D eigenvalue weighted by atomic mass is 9.71. The molecule has 192 valence electrons. The van der Waals surface area contributed by atoms with E-state index in [9.17, 15) is 9.90 Å². The van der Waals surface area contributed by atoms with Gasteiger partial charge in [0.15, 0.2) is 0 Å². The van der Waals surface area contributed by atoms with Crippen LogP contribution in [0.5, 0.6) is 5.75 Å². The second kappa shape index (κ2) is 12.2. The molecule has 0 radical (unpaired) electrons. The quantitative estimate of drug-likeness (QED) is 0.286. The highest BCUT2D eigenvalue weighted by Crippen LogP contribution is 2.44. The summed E-state index contributed by atoms with van der Waals surface area (Å²) in [6, 6.07) is 11.2. The van der Waals surface area contributed by atoms with Gasteiger partial charge in [-0.05, 0) is 74.5 Å². The third-order valence-corrected chi connectivity index (χ3v) is 8.27. The van der Waals surface area contributed by atoms with Crippen LogP contribution in [0, 0.1) is 5.41 Å². The second-order valence-electron chi connectivity index (χ2n) is 9.34. The molecule has 1 aromatic carbocycles. The Morgan fingerprint density at radius 1 is 1.28 bits per heavy atom. The van der Waals surface area contributed by atoms with Crippen LogP contribution >= 0.6 is 23.4 Å². The lowest BCUT2D eigenvalue weighted by molar-refractivity contribution is -0.141. The van der Waals surface area contributed by atoms with E-state index in [0.717, 1.165) is 43.3 Å². The average molecular weight is 532 g/mol. The first-order valence-corrected chi connectivity index (χ1v) is 13.5. The Kier molecular flexibility index (Phi) is 9.04. The smallest absolute Gasteiger partial charge is 0.303 e. The summed E-state index contributed by atoms with van der Waals surface area (Å²) < 4.78 is 21.0. The third-order valence-electron chi connectivity index (χ3n) is 7.05. The molecule has 4 rings (SSSR count). The number of rotatable bonds is 11. The Morgan fingerprint density at radius 2 is 2.08 bits per heavy atom. The number of halogens is 2. The number of aliphatic carboxylic acids is 1. The van der Waals surface area contributed by atoms with Crippen LogP contribution in [0.15, 0.2) is 53.8 Å². The highest BCUT2D eigenvalue weighted by molar-refractivity contribution is 7.99. The van der Waals surface area contributed by atoms with Gasteiger partial charge in [0.05, 0.1) is 29.1 Å². The van der Waals surface area contributed by atoms with Crippen molar-refractivity contribution in [1.29, 1.82) is 0 Å². The van der Waals surface area contributed by atoms with Crippen molar-refractivity contribution in [3.05, 3.63) is 59.4 Å². The van der Waals surface area contributed by atoms with Crippen molar-refractivity contribution < 1.29 is 19.0 Å². The molecule has 0 unspecified atom stereocenters. The molecule has 0 amide bonds. The maximum atomic E-state index is 15.7. The van der Waals surface area contributed by atoms with Crippen LogP contribution in [0.2, 0.25) is 5.02 Å². The normalized spacial score (nSPS) is 16.6. The van der Waals surface area contributed by atoms with E-state index >= 15 is 4.39 Å². The summed E-state index contributed by atoms with van der Waals surface area (Å²) in [5.41, 5.74) is 0.623. The predicted octanol–water partition coefficient (Wildman–Crippen LogP) is 6.43. The minimum atomic E-state index is -1.33. The van der Waals surface area contributed by atoms with Gasteiger partial charge in [-0.1, -0.05) is 17.7 Å². The minimum absolute atomic E-state index is 0.0505. The number of hydrogen-bond acceptors (Lipinski definition) is 6. The van der Waals surface area contributed by atoms with Crippen molar-refractivity contribution in [3.8, 4) is 5.75 Å². The summed E-state index contributed by atoms with van der Waals surface area (Å²) in [7, 11) is 1.56. The number of aromatic nitrogens is 2. The molecule has 1 atom stereocenters. The zero-order valence-corrected chi connectivity index (χ0v) is 21.9. The number of fused-ring (bicyclic) bond motifs is 1. The molecule has 1 saturated heterocycles. The number of likely N-dealkylation sites (tertiary alicyclic amines) is 1. The van der Waals surface area contributed by atoms with Crippen LogP contribution in [0.4, 0.5) is 4.39 Å². The lowest BCUT2D eigenvalue weighted by Crippen LogP contribution is -2.42. The lowest BCUT2D eigenvalue weighted by Gasteiger charge is -2.41. The molecule has 3 heterocycles. The number of thioether (sulfide) groups is 1. The molecule has 1 fully saturated rings. The van der Waals surface area contributed by atoms with Gasteiger partial charge in [0.1, 0.15) is 11.9 Å². The highest BCUT2D eigenvalue weighted by Gasteiger charge is 2.37. The zero-order valence-electron chi connectivity index (χ0n) is 20.3. The first kappa shape index (κ1) is 26.6. The van der Waals surface area contributed by atoms with Gasteiger partial charge in [-0.15, -0.1) is 11.8 Å². The molecule has 1 aliphatic heterocycles. The van der Waals surface area contributed by atoms with E-state index in [0.29, 0.717) is 28.6 Å². The molecule has 0 bridgehead atoms. The summed E-state index contributed by atoms with van der Waals surface area (Å²) in [5.74, 6) is 0.699. The minimum Gasteiger partial charge on any atom is -0.497 e. The number of methoxy groups -OCH3 is 1. The molecule has 2 aromatic heterocycles. The molecule has 36 heavy (non-hydrogen) atoms. The Balaban J connectivity index is 1.39. The number of alkyl halides is 1. The van der Waals surface area contributed by atoms with E-state index < -0.39 is 17.6 Å². The Labute approximate surface area is 220 Å². The van der Waals surface area contributed by atoms with Crippen LogP contribution in [0.3, 0.4) is 0 Å². The molecule has 9 heteroatoms. The third kappa shape index (κ3) is 6.66. The summed E-state index contributed by atoms with van der Waals surface area (Å²) in [4.78, 5) is 22.8. The fraction of sp³-hybridized carbons (Fsp3) is 0.444. The number of ether oxygens (including phenoxy) is 1. The van der Waals surface area contributed by atoms with Crippen molar-refractivity contribution in [2.24, 2.45) is 5.41 Å². The number of nitrogens with zero attached hydrogens (tertiary/aromatic N) is 3. The molecule has 3 aromatic rings. The average Bonchev–Trinajstić information content (AvgIpc) is 2.88. The molecule has 0 spiro atoms. The van der Waals surface area contributed by atoms with Gasteiger partial charge in [0.2, 0.25) is 0 Å². The molecule has 1 N–H and O–H groups in total. The van der Waals surface area contributed by atoms with E-state index in [1.807, 2.05) is 18.2 Å². The van der Waals surface area contributed by atoms with Crippen molar-refractivity contribution in [2.75, 3.05) is 32.5 Å². The van der Waals surface area contributed by atoms with E-state index in [4.69, 9.17) is 16.3 Å². The van der Waals surface area contributed by atoms with Gasteiger partial charge in [-0.2, -0.15) is 0 Å². The van der Waals surface area contributed by atoms with Crippen LogP contribution in [-0.2, 0) is 4.79 Å². The first-order valence-electron chi connectivity index (χ1n) is 12.1. The Morgan fingerprint density at radius 3 is 2.78 bits per heavy atom. The number of piperidine rings is 1. The number of benzene rings is 1. The van der Waals surface area contributed by atoms with Crippen LogP contribution in [-0.4, -0.2) is 58.4 Å². The van der Waals surface area contributed by atoms with Gasteiger partial charge in [-0.3, -0.25) is 9.78 Å². The van der Waals surface area contributed by atoms with Gasteiger partial charge in [-0.25, -0.2) is 9.37 Å². The van der Waals surface area contributed by atoms with E-state index in [-0.39, 0.29) is 17.9 Å². The van der Waals surface area contributed by atoms with E-state index in [1.165, 1.54) is 6.20 Å². The predicted molar refractivity (Wildman–Crippen MR) is 142 cm³/mol. The second-order valence-corrected chi connectivity index (χ2v) is 10.9. The molecular formula is C27H31ClFN3O3S. The fourth-order valence-electron chi connectivity index (χ4n) is 4.99. The van der Waals surface area contributed by atoms with Gasteiger partial charge < -0.3 is 14.7 Å². The zero-order chi connectivity index (χ0) is 25.5. The maximum Gasteiger partial charge on any atom is 0.303 e. The molecule has 0 aliphatic carbocycles. The number of carboxylic acids is 1. The van der Waals surface area contributed by atoms with E-state index in [1.54, 1.807) is 43.3 Å². The number of pyridine rings is 2. The van der Waals surface area contributed by atoms with Crippen molar-refractivity contribution in [2.45, 2.75) is 43.3 Å². The summed E-state index contributed by atoms with van der Waals surface area (Å²) >= 11 is 8.11. The fourth-order valence-corrected chi connectivity index (χ4v) is 6.13. The standard InChI is InChI=1S/C27H31ClFN3O3S/c1-35-19-5-6-23-20(16-19)26(21(28)18-31-23)22(29)7-8-27(17-25(33)34)9-12-32(13-10-27)14-15-36-24-4-2-3-11-30-24/h2-6,11,16,18,22H,7-10,12-15,17H2,1H3,(H,33,34)/t22-/m1/s1. The Hall–Kier alpha value is -2.42. The highest BCUT2D eigenvalue weighted by atomic mass is 35.5. The van der Waals surface area contributed by atoms with Crippen molar-refractivity contribution >= 4 is 40.2 Å². The monoisotopic (exact) mass is 531 g/mol. The summed E-state index contributed by atoms with van der Waals surface area (Å²) in [6.45, 7) is 2.53. The first-order chi connectivity index (χ1) is 17.4. The van der Waals surface area contributed by atoms with E-state index in [2.05, 4.69) is 14.9 Å². The topological polar surface area (TPSA) is 75.6 Å². The largest absolute Gasteiger partial charge is 0.497 e. The van der Waals surface area contributed by atoms with Crippen molar-refractivity contribution in [3.63, 3.8) is 0 Å². The maximum absolute atomic E-state index is 15.7. The van der Waals surface area contributed by atoms with Crippen LogP contribution in [0.25, 0.3) is 10.9 Å². The summed E-state index contributed by atoms with van der Waals surface area (Å²) in [5, 5.41) is 11.5. The van der Waals surface area contributed by atoms with Gasteiger partial charge in [0, 0.05) is 35.6 Å². The number of carbonyl (C=O) groups is 1. The molecule has 1 aliphatic rings. The molecule has 6 nitrogen and oxygen atoms in total. The summed E-state index contributed by atoms with van der Waals surface area (Å²) in [6.07, 6.45) is 4.16. The molecule has 0 saturated carbocycles. The van der Waals surface area contributed by atoms with Crippen LogP contribution in [0.1, 0.15) is 43.8 Å². The SMILES string of the molecule is COc1ccc2ncc(Cl)c([C@H](F)CCC3(CC(=O)O)CCN(CCSc4ccccn4)CC3)c2c1. The van der Waals surface area contributed by atoms with Gasteiger partial charge >= 0.3 is 5.97 Å². The van der Waals surface area contributed by atoms with Gasteiger partial charge in [0.25, 0.3) is 0 Å². The molecular weight excluding hydrogens is 501 g/mol. The van der Waals surface area contributed by atoms with Crippen LogP contribution < -0.4 is 4.74 Å². The van der Waals surface area contributed by atoms with Crippen molar-refractivity contribution in [1.82, 2.24) is 14.9 Å². The number of carboxylic acid groups (broad SMARTS) is 1. The number of hydrogen-bond donors (Lipinski definition) is 1. The Bertz CT molecular complexity index is 1180.